The van der Waals surface area contributed by atoms with Crippen LogP contribution in [0.4, 0.5) is 0 Å². The van der Waals surface area contributed by atoms with Crippen molar-refractivity contribution >= 4 is 22.8 Å². The summed E-state index contributed by atoms with van der Waals surface area (Å²) in [6.45, 7) is 1.84. The number of hydrogen-bond donors (Lipinski definition) is 0. The number of imidazole rings is 1. The van der Waals surface area contributed by atoms with Crippen molar-refractivity contribution in [1.82, 2.24) is 19.4 Å². The molecule has 2 heterocycles. The van der Waals surface area contributed by atoms with Gasteiger partial charge in [-0.3, -0.25) is 9.59 Å². The van der Waals surface area contributed by atoms with Gasteiger partial charge in [-0.05, 0) is 35.4 Å². The number of aromatic nitrogens is 2. The number of ether oxygens (including phenoxy) is 1. The van der Waals surface area contributed by atoms with Crippen LogP contribution in [-0.4, -0.2) is 51.9 Å². The fourth-order valence-electron chi connectivity index (χ4n) is 4.82. The highest BCUT2D eigenvalue weighted by Gasteiger charge is 2.34. The molecule has 1 saturated heterocycles. The largest absolute Gasteiger partial charge is 0.497 e. The molecule has 3 aromatic carbocycles. The van der Waals surface area contributed by atoms with Crippen LogP contribution in [0, 0.1) is 0 Å². The van der Waals surface area contributed by atoms with E-state index in [1.54, 1.807) is 12.0 Å². The minimum atomic E-state index is -0.0737. The Morgan fingerprint density at radius 1 is 1.00 bits per heavy atom. The average molecular weight is 483 g/mol. The lowest BCUT2D eigenvalue weighted by Crippen LogP contribution is -2.30. The number of rotatable bonds is 8. The van der Waals surface area contributed by atoms with E-state index in [0.717, 1.165) is 33.7 Å². The normalized spacial score (nSPS) is 15.4. The van der Waals surface area contributed by atoms with E-state index in [-0.39, 0.29) is 24.3 Å². The van der Waals surface area contributed by atoms with Gasteiger partial charge in [-0.25, -0.2) is 4.98 Å². The Bertz CT molecular complexity index is 1360. The summed E-state index contributed by atoms with van der Waals surface area (Å²) in [7, 11) is 3.46. The van der Waals surface area contributed by atoms with Gasteiger partial charge >= 0.3 is 0 Å². The monoisotopic (exact) mass is 482 g/mol. The summed E-state index contributed by atoms with van der Waals surface area (Å²) in [6.07, 6.45) is 0.382. The predicted octanol–water partition coefficient (Wildman–Crippen LogP) is 4.22. The molecule has 1 unspecified atom stereocenters. The second kappa shape index (κ2) is 10.2. The van der Waals surface area contributed by atoms with Crippen LogP contribution >= 0.6 is 0 Å². The van der Waals surface area contributed by atoms with Crippen molar-refractivity contribution in [2.75, 3.05) is 20.7 Å². The fourth-order valence-corrected chi connectivity index (χ4v) is 4.82. The highest BCUT2D eigenvalue weighted by molar-refractivity contribution is 5.83. The molecule has 5 rings (SSSR count). The van der Waals surface area contributed by atoms with Crippen LogP contribution in [-0.2, 0) is 29.2 Å². The highest BCUT2D eigenvalue weighted by Crippen LogP contribution is 2.31. The molecule has 36 heavy (non-hydrogen) atoms. The second-order valence-electron chi connectivity index (χ2n) is 9.30. The third-order valence-electron chi connectivity index (χ3n) is 6.78. The van der Waals surface area contributed by atoms with Crippen LogP contribution in [0.2, 0.25) is 0 Å². The minimum Gasteiger partial charge on any atom is -0.497 e. The van der Waals surface area contributed by atoms with Crippen LogP contribution in [0.5, 0.6) is 5.75 Å². The molecule has 0 bridgehead atoms. The average Bonchev–Trinajstić information content (AvgIpc) is 3.45. The second-order valence-corrected chi connectivity index (χ2v) is 9.30. The van der Waals surface area contributed by atoms with E-state index in [2.05, 4.69) is 0 Å². The number of carbonyl (C=O) groups excluding carboxylic acids is 2. The van der Waals surface area contributed by atoms with Crippen molar-refractivity contribution in [3.8, 4) is 5.75 Å². The third kappa shape index (κ3) is 4.96. The van der Waals surface area contributed by atoms with Crippen molar-refractivity contribution in [2.24, 2.45) is 0 Å². The molecule has 1 atom stereocenters. The summed E-state index contributed by atoms with van der Waals surface area (Å²) >= 11 is 0. The number of likely N-dealkylation sites (tertiary alicyclic amines) is 1. The Labute approximate surface area is 210 Å². The number of para-hydroxylation sites is 2. The lowest BCUT2D eigenvalue weighted by atomic mass is 10.1. The topological polar surface area (TPSA) is 67.7 Å². The fraction of sp³-hybridized carbons (Fsp3) is 0.276. The number of likely N-dealkylation sites (N-methyl/N-ethyl adjacent to an activating group) is 1. The molecular weight excluding hydrogens is 452 g/mol. The van der Waals surface area contributed by atoms with Crippen LogP contribution in [0.15, 0.2) is 78.9 Å². The molecule has 0 N–H and O–H groups in total. The number of methoxy groups -OCH3 is 1. The molecule has 1 aliphatic rings. The molecule has 1 aliphatic heterocycles. The minimum absolute atomic E-state index is 0.00247. The summed E-state index contributed by atoms with van der Waals surface area (Å²) < 4.78 is 7.23. The maximum absolute atomic E-state index is 13.2. The van der Waals surface area contributed by atoms with Gasteiger partial charge in [0.1, 0.15) is 18.1 Å². The SMILES string of the molecule is COc1ccc(CN2CC(c3nc4ccccc4n3CC(=O)N(C)Cc3ccccc3)CC2=O)cc1. The summed E-state index contributed by atoms with van der Waals surface area (Å²) in [5, 5.41) is 0. The summed E-state index contributed by atoms with van der Waals surface area (Å²) in [4.78, 5) is 34.7. The lowest BCUT2D eigenvalue weighted by molar-refractivity contribution is -0.131. The van der Waals surface area contributed by atoms with Gasteiger partial charge in [0.15, 0.2) is 0 Å². The molecule has 2 amide bonds. The standard InChI is InChI=1S/C29H30N4O3/c1-31(17-21-8-4-3-5-9-21)28(35)20-33-26-11-7-6-10-25(26)30-29(33)23-16-27(34)32(19-23)18-22-12-14-24(36-2)15-13-22/h3-15,23H,16-20H2,1-2H3. The zero-order valence-electron chi connectivity index (χ0n) is 20.6. The van der Waals surface area contributed by atoms with Crippen LogP contribution in [0.1, 0.15) is 29.3 Å². The maximum Gasteiger partial charge on any atom is 0.242 e. The van der Waals surface area contributed by atoms with Crippen molar-refractivity contribution < 1.29 is 14.3 Å². The van der Waals surface area contributed by atoms with Gasteiger partial charge in [0.05, 0.1) is 18.1 Å². The van der Waals surface area contributed by atoms with Crippen molar-refractivity contribution in [1.29, 1.82) is 0 Å². The summed E-state index contributed by atoms with van der Waals surface area (Å²) in [5.41, 5.74) is 3.89. The van der Waals surface area contributed by atoms with E-state index >= 15 is 0 Å². The lowest BCUT2D eigenvalue weighted by Gasteiger charge is -2.20. The first-order valence-electron chi connectivity index (χ1n) is 12.2. The molecule has 4 aromatic rings. The Kier molecular flexibility index (Phi) is 6.71. The number of nitrogens with zero attached hydrogens (tertiary/aromatic N) is 4. The van der Waals surface area contributed by atoms with Gasteiger partial charge in [-0.15, -0.1) is 0 Å². The number of carbonyl (C=O) groups is 2. The number of fused-ring (bicyclic) bond motifs is 1. The van der Waals surface area contributed by atoms with E-state index < -0.39 is 0 Å². The van der Waals surface area contributed by atoms with Gasteiger partial charge in [-0.2, -0.15) is 0 Å². The Morgan fingerprint density at radius 2 is 1.72 bits per heavy atom. The maximum atomic E-state index is 13.2. The zero-order valence-corrected chi connectivity index (χ0v) is 20.6. The number of hydrogen-bond acceptors (Lipinski definition) is 4. The van der Waals surface area contributed by atoms with E-state index in [4.69, 9.17) is 9.72 Å². The summed E-state index contributed by atoms with van der Waals surface area (Å²) in [6, 6.07) is 25.6. The van der Waals surface area contributed by atoms with Gasteiger partial charge < -0.3 is 19.1 Å². The van der Waals surface area contributed by atoms with Crippen molar-refractivity contribution in [2.45, 2.75) is 32.0 Å². The third-order valence-corrected chi connectivity index (χ3v) is 6.78. The first-order chi connectivity index (χ1) is 17.5. The number of benzene rings is 3. The molecule has 0 aliphatic carbocycles. The molecule has 7 heteroatoms. The van der Waals surface area contributed by atoms with E-state index in [9.17, 15) is 9.59 Å². The molecule has 184 valence electrons. The van der Waals surface area contributed by atoms with E-state index in [1.165, 1.54) is 0 Å². The van der Waals surface area contributed by atoms with Gasteiger partial charge in [-0.1, -0.05) is 54.6 Å². The molecule has 1 aromatic heterocycles. The molecule has 7 nitrogen and oxygen atoms in total. The zero-order chi connectivity index (χ0) is 25.1. The molecule has 0 saturated carbocycles. The molecule has 0 radical (unpaired) electrons. The van der Waals surface area contributed by atoms with Crippen LogP contribution in [0.3, 0.4) is 0 Å². The molecular formula is C29H30N4O3. The van der Waals surface area contributed by atoms with Crippen molar-refractivity contribution in [3.63, 3.8) is 0 Å². The molecule has 1 fully saturated rings. The van der Waals surface area contributed by atoms with Crippen LogP contribution < -0.4 is 4.74 Å². The van der Waals surface area contributed by atoms with Crippen molar-refractivity contribution in [3.05, 3.63) is 95.8 Å². The van der Waals surface area contributed by atoms with Gasteiger partial charge in [0.25, 0.3) is 0 Å². The first-order valence-corrected chi connectivity index (χ1v) is 12.2. The first kappa shape index (κ1) is 23.6. The predicted molar refractivity (Wildman–Crippen MR) is 138 cm³/mol. The highest BCUT2D eigenvalue weighted by atomic mass is 16.5. The van der Waals surface area contributed by atoms with Gasteiger partial charge in [0.2, 0.25) is 11.8 Å². The Morgan fingerprint density at radius 3 is 2.47 bits per heavy atom. The van der Waals surface area contributed by atoms with E-state index in [0.29, 0.717) is 26.1 Å². The van der Waals surface area contributed by atoms with E-state index in [1.807, 2.05) is 95.4 Å². The Balaban J connectivity index is 1.36. The smallest absolute Gasteiger partial charge is 0.242 e. The molecule has 0 spiro atoms. The Hall–Kier alpha value is -4.13. The summed E-state index contributed by atoms with van der Waals surface area (Å²) in [5.74, 6) is 1.61. The van der Waals surface area contributed by atoms with Crippen LogP contribution in [0.25, 0.3) is 11.0 Å². The number of amides is 2. The quantitative estimate of drug-likeness (QED) is 0.377. The van der Waals surface area contributed by atoms with Gasteiger partial charge in [0, 0.05) is 39.0 Å².